The van der Waals surface area contributed by atoms with Crippen LogP contribution < -0.4 is 5.73 Å². The van der Waals surface area contributed by atoms with Gasteiger partial charge in [0.05, 0.1) is 7.11 Å². The van der Waals surface area contributed by atoms with E-state index < -0.39 is 23.7 Å². The predicted molar refractivity (Wildman–Crippen MR) is 66.0 cm³/mol. The molecule has 0 radical (unpaired) electrons. The van der Waals surface area contributed by atoms with Crippen LogP contribution in [-0.4, -0.2) is 29.3 Å². The largest absolute Gasteiger partial charge is 0.507 e. The van der Waals surface area contributed by atoms with E-state index in [1.807, 2.05) is 0 Å². The Hall–Kier alpha value is -1.79. The highest BCUT2D eigenvalue weighted by Gasteiger charge is 2.23. The Labute approximate surface area is 110 Å². The molecule has 0 aromatic heterocycles. The zero-order chi connectivity index (χ0) is 13.2. The van der Waals surface area contributed by atoms with Crippen LogP contribution in [0.2, 0.25) is 0 Å². The second-order valence-electron chi connectivity index (χ2n) is 3.56. The molecule has 0 saturated carbocycles. The first-order valence-electron chi connectivity index (χ1n) is 4.78. The Morgan fingerprint density at radius 1 is 1.39 bits per heavy atom. The van der Waals surface area contributed by atoms with E-state index in [1.165, 1.54) is 12.1 Å². The van der Waals surface area contributed by atoms with Gasteiger partial charge in [0.1, 0.15) is 17.4 Å². The summed E-state index contributed by atoms with van der Waals surface area (Å²) in [7, 11) is 1.16. The van der Waals surface area contributed by atoms with Gasteiger partial charge in [-0.2, -0.15) is 0 Å². The molecule has 1 atom stereocenters. The first-order valence-corrected chi connectivity index (χ1v) is 4.78. The summed E-state index contributed by atoms with van der Waals surface area (Å²) in [5.74, 6) is -2.55. The number of rotatable bonds is 3. The fourth-order valence-electron chi connectivity index (χ4n) is 1.46. The van der Waals surface area contributed by atoms with Gasteiger partial charge in [-0.15, -0.1) is 12.4 Å². The van der Waals surface area contributed by atoms with E-state index in [-0.39, 0.29) is 23.5 Å². The number of carboxylic acids is 1. The average Bonchev–Trinajstić information content (AvgIpc) is 2.29. The van der Waals surface area contributed by atoms with E-state index in [2.05, 4.69) is 4.74 Å². The number of halogens is 1. The van der Waals surface area contributed by atoms with Crippen LogP contribution in [0.25, 0.3) is 0 Å². The van der Waals surface area contributed by atoms with E-state index >= 15 is 0 Å². The van der Waals surface area contributed by atoms with Crippen LogP contribution >= 0.6 is 12.4 Å². The number of hydrogen-bond acceptors (Lipinski definition) is 5. The zero-order valence-corrected chi connectivity index (χ0v) is 10.7. The summed E-state index contributed by atoms with van der Waals surface area (Å²) in [6, 6.07) is 1.53. The van der Waals surface area contributed by atoms with Gasteiger partial charge in [-0.25, -0.2) is 4.79 Å². The molecule has 0 spiro atoms. The van der Waals surface area contributed by atoms with E-state index in [0.29, 0.717) is 5.56 Å². The lowest BCUT2D eigenvalue weighted by atomic mass is 9.99. The van der Waals surface area contributed by atoms with Gasteiger partial charge in [-0.3, -0.25) is 4.79 Å². The molecule has 4 N–H and O–H groups in total. The monoisotopic (exact) mass is 275 g/mol. The molecule has 0 bridgehead atoms. The summed E-state index contributed by atoms with van der Waals surface area (Å²) in [5, 5.41) is 18.6. The number of aromatic hydroxyl groups is 1. The first kappa shape index (κ1) is 16.2. The number of aromatic carboxylic acids is 1. The highest BCUT2D eigenvalue weighted by molar-refractivity contribution is 5.92. The summed E-state index contributed by atoms with van der Waals surface area (Å²) in [5.41, 5.74) is 5.88. The zero-order valence-electron chi connectivity index (χ0n) is 9.84. The van der Waals surface area contributed by atoms with Gasteiger partial charge >= 0.3 is 11.9 Å². The maximum atomic E-state index is 11.3. The maximum Gasteiger partial charge on any atom is 0.339 e. The molecule has 18 heavy (non-hydrogen) atoms. The van der Waals surface area contributed by atoms with Crippen molar-refractivity contribution in [3.63, 3.8) is 0 Å². The van der Waals surface area contributed by atoms with Crippen LogP contribution in [0.3, 0.4) is 0 Å². The lowest BCUT2D eigenvalue weighted by Crippen LogP contribution is -2.23. The topological polar surface area (TPSA) is 110 Å². The van der Waals surface area contributed by atoms with Crippen LogP contribution in [-0.2, 0) is 9.53 Å². The number of hydrogen-bond donors (Lipinski definition) is 3. The van der Waals surface area contributed by atoms with E-state index in [0.717, 1.165) is 7.11 Å². The quantitative estimate of drug-likeness (QED) is 0.710. The highest BCUT2D eigenvalue weighted by Crippen LogP contribution is 2.29. The minimum Gasteiger partial charge on any atom is -0.507 e. The summed E-state index contributed by atoms with van der Waals surface area (Å²) >= 11 is 0. The molecule has 0 unspecified atom stereocenters. The Kier molecular flexibility index (Phi) is 5.61. The molecular weight excluding hydrogens is 262 g/mol. The molecule has 0 aliphatic carbocycles. The predicted octanol–water partition coefficient (Wildman–Crippen LogP) is 0.993. The van der Waals surface area contributed by atoms with Gasteiger partial charge in [0.2, 0.25) is 0 Å². The SMILES string of the molecule is COC(=O)[C@@H](N)c1cc(C)cc(C(=O)O)c1O.Cl. The van der Waals surface area contributed by atoms with Gasteiger partial charge < -0.3 is 20.7 Å². The van der Waals surface area contributed by atoms with Crippen molar-refractivity contribution >= 4 is 24.3 Å². The van der Waals surface area contributed by atoms with Crippen molar-refractivity contribution in [2.75, 3.05) is 7.11 Å². The normalized spacial score (nSPS) is 11.3. The number of methoxy groups -OCH3 is 1. The number of ether oxygens (including phenoxy) is 1. The molecule has 0 aliphatic rings. The lowest BCUT2D eigenvalue weighted by Gasteiger charge is -2.13. The summed E-state index contributed by atoms with van der Waals surface area (Å²) in [6.45, 7) is 1.64. The van der Waals surface area contributed by atoms with Gasteiger partial charge in [0, 0.05) is 5.56 Å². The summed E-state index contributed by atoms with van der Waals surface area (Å²) in [6.07, 6.45) is 0. The Balaban J connectivity index is 0.00000289. The van der Waals surface area contributed by atoms with Gasteiger partial charge in [-0.05, 0) is 18.6 Å². The van der Waals surface area contributed by atoms with Crippen molar-refractivity contribution in [1.29, 1.82) is 0 Å². The number of benzene rings is 1. The summed E-state index contributed by atoms with van der Waals surface area (Å²) in [4.78, 5) is 22.1. The van der Waals surface area contributed by atoms with Crippen molar-refractivity contribution in [2.45, 2.75) is 13.0 Å². The van der Waals surface area contributed by atoms with Crippen molar-refractivity contribution in [3.05, 3.63) is 28.8 Å². The fourth-order valence-corrected chi connectivity index (χ4v) is 1.46. The molecule has 0 fully saturated rings. The molecule has 6 nitrogen and oxygen atoms in total. The number of nitrogens with two attached hydrogens (primary N) is 1. The van der Waals surface area contributed by atoms with Crippen LogP contribution in [0.5, 0.6) is 5.75 Å². The third-order valence-electron chi connectivity index (χ3n) is 2.30. The van der Waals surface area contributed by atoms with Gasteiger partial charge in [-0.1, -0.05) is 6.07 Å². The van der Waals surface area contributed by atoms with Crippen molar-refractivity contribution in [3.8, 4) is 5.75 Å². The lowest BCUT2D eigenvalue weighted by molar-refractivity contribution is -0.142. The number of aryl methyl sites for hydroxylation is 1. The third kappa shape index (κ3) is 3.12. The van der Waals surface area contributed by atoms with Crippen LogP contribution in [0, 0.1) is 6.92 Å². The molecule has 7 heteroatoms. The molecule has 100 valence electrons. The number of esters is 1. The molecule has 0 aliphatic heterocycles. The van der Waals surface area contributed by atoms with Gasteiger partial charge in [0.25, 0.3) is 0 Å². The first-order chi connectivity index (χ1) is 7.88. The van der Waals surface area contributed by atoms with Crippen LogP contribution in [0.1, 0.15) is 27.5 Å². The number of carbonyl (C=O) groups is 2. The average molecular weight is 276 g/mol. The Morgan fingerprint density at radius 2 is 1.94 bits per heavy atom. The third-order valence-corrected chi connectivity index (χ3v) is 2.30. The van der Waals surface area contributed by atoms with Crippen molar-refractivity contribution in [1.82, 2.24) is 0 Å². The molecule has 0 saturated heterocycles. The molecule has 1 aromatic carbocycles. The molecule has 0 heterocycles. The molecule has 1 aromatic rings. The van der Waals surface area contributed by atoms with E-state index in [1.54, 1.807) is 6.92 Å². The second kappa shape index (κ2) is 6.23. The molecule has 1 rings (SSSR count). The number of carboxylic acid groups (broad SMARTS) is 1. The van der Waals surface area contributed by atoms with Crippen molar-refractivity contribution in [2.24, 2.45) is 5.73 Å². The molecule has 0 amide bonds. The van der Waals surface area contributed by atoms with E-state index in [4.69, 9.17) is 10.8 Å². The fraction of sp³-hybridized carbons (Fsp3) is 0.273. The smallest absolute Gasteiger partial charge is 0.339 e. The molecular formula is C11H14ClNO5. The Morgan fingerprint density at radius 3 is 2.39 bits per heavy atom. The number of phenols is 1. The van der Waals surface area contributed by atoms with Gasteiger partial charge in [0.15, 0.2) is 0 Å². The minimum atomic E-state index is -1.29. The number of carbonyl (C=O) groups excluding carboxylic acids is 1. The van der Waals surface area contributed by atoms with E-state index in [9.17, 15) is 14.7 Å². The minimum absolute atomic E-state index is 0. The standard InChI is InChI=1S/C11H13NO5.ClH/c1-5-3-6(8(12)11(16)17-2)9(13)7(4-5)10(14)15;/h3-4,8,13H,12H2,1-2H3,(H,14,15);1H/t8-;/m0./s1. The maximum absolute atomic E-state index is 11.3. The summed E-state index contributed by atoms with van der Waals surface area (Å²) < 4.78 is 4.44. The highest BCUT2D eigenvalue weighted by atomic mass is 35.5. The Bertz CT molecular complexity index is 475. The second-order valence-corrected chi connectivity index (χ2v) is 3.56. The van der Waals surface area contributed by atoms with Crippen LogP contribution in [0.4, 0.5) is 0 Å². The van der Waals surface area contributed by atoms with Crippen molar-refractivity contribution < 1.29 is 24.5 Å². The van der Waals surface area contributed by atoms with Crippen LogP contribution in [0.15, 0.2) is 12.1 Å².